The number of pyridine rings is 1. The molecule has 1 saturated carbocycles. The number of carbonyl (C=O) groups is 1. The molecule has 1 aromatic carbocycles. The average Bonchev–Trinajstić information content (AvgIpc) is 3.38. The highest BCUT2D eigenvalue weighted by Gasteiger charge is 2.26. The predicted octanol–water partition coefficient (Wildman–Crippen LogP) is 3.65. The molecule has 3 rings (SSSR count). The molecule has 0 bridgehead atoms. The molecule has 1 aliphatic carbocycles. The second-order valence-corrected chi connectivity index (χ2v) is 6.43. The third-order valence-electron chi connectivity index (χ3n) is 4.52. The summed E-state index contributed by atoms with van der Waals surface area (Å²) in [6.45, 7) is 3.62. The van der Waals surface area contributed by atoms with Crippen molar-refractivity contribution in [1.29, 1.82) is 0 Å². The number of halogens is 2. The zero-order valence-electron chi connectivity index (χ0n) is 14.2. The van der Waals surface area contributed by atoms with Crippen LogP contribution in [0.3, 0.4) is 0 Å². The molecule has 0 aliphatic heterocycles. The molecule has 1 aromatic heterocycles. The fourth-order valence-corrected chi connectivity index (χ4v) is 2.98. The van der Waals surface area contributed by atoms with E-state index in [1.165, 1.54) is 12.1 Å². The number of aryl methyl sites for hydroxylation is 1. The first-order valence-electron chi connectivity index (χ1n) is 8.39. The van der Waals surface area contributed by atoms with Crippen molar-refractivity contribution in [3.8, 4) is 0 Å². The van der Waals surface area contributed by atoms with Crippen LogP contribution in [0.2, 0.25) is 0 Å². The molecule has 0 unspecified atom stereocenters. The van der Waals surface area contributed by atoms with E-state index in [4.69, 9.17) is 0 Å². The van der Waals surface area contributed by atoms with Crippen LogP contribution in [0, 0.1) is 18.6 Å². The maximum absolute atomic E-state index is 14.0. The van der Waals surface area contributed by atoms with Gasteiger partial charge in [0.25, 0.3) is 5.91 Å². The lowest BCUT2D eigenvalue weighted by molar-refractivity contribution is 0.0933. The molecule has 1 aliphatic rings. The molecule has 0 saturated heterocycles. The number of hydrogen-bond donors (Lipinski definition) is 1. The van der Waals surface area contributed by atoms with Crippen molar-refractivity contribution >= 4 is 5.91 Å². The number of benzene rings is 1. The van der Waals surface area contributed by atoms with Gasteiger partial charge in [-0.2, -0.15) is 0 Å². The van der Waals surface area contributed by atoms with E-state index in [-0.39, 0.29) is 16.6 Å². The Morgan fingerprint density at radius 1 is 1.32 bits per heavy atom. The van der Waals surface area contributed by atoms with Crippen molar-refractivity contribution in [2.24, 2.45) is 0 Å². The van der Waals surface area contributed by atoms with E-state index in [1.54, 1.807) is 13.1 Å². The van der Waals surface area contributed by atoms with Gasteiger partial charge in [-0.15, -0.1) is 0 Å². The summed E-state index contributed by atoms with van der Waals surface area (Å²) in [4.78, 5) is 24.8. The van der Waals surface area contributed by atoms with E-state index in [0.717, 1.165) is 30.7 Å². The quantitative estimate of drug-likeness (QED) is 0.898. The molecule has 25 heavy (non-hydrogen) atoms. The van der Waals surface area contributed by atoms with E-state index in [1.807, 2.05) is 11.5 Å². The van der Waals surface area contributed by atoms with Gasteiger partial charge in [-0.25, -0.2) is 8.78 Å². The highest BCUT2D eigenvalue weighted by Crippen LogP contribution is 2.35. The van der Waals surface area contributed by atoms with Gasteiger partial charge in [-0.3, -0.25) is 9.59 Å². The topological polar surface area (TPSA) is 51.1 Å². The summed E-state index contributed by atoms with van der Waals surface area (Å²) in [5.41, 5.74) is 0.701. The Morgan fingerprint density at radius 2 is 2.04 bits per heavy atom. The summed E-state index contributed by atoms with van der Waals surface area (Å²) in [6.07, 6.45) is 4.06. The number of rotatable bonds is 5. The Labute approximate surface area is 144 Å². The number of hydrogen-bond acceptors (Lipinski definition) is 2. The molecular weight excluding hydrogens is 326 g/mol. The maximum atomic E-state index is 14.0. The average molecular weight is 346 g/mol. The minimum atomic E-state index is -0.716. The van der Waals surface area contributed by atoms with Gasteiger partial charge in [0.05, 0.1) is 6.04 Å². The largest absolute Gasteiger partial charge is 0.348 e. The second-order valence-electron chi connectivity index (χ2n) is 6.43. The number of carbonyl (C=O) groups excluding carboxylic acids is 1. The maximum Gasteiger partial charge on any atom is 0.257 e. The number of nitrogens with zero attached hydrogens (tertiary/aromatic N) is 1. The van der Waals surface area contributed by atoms with Crippen molar-refractivity contribution in [2.45, 2.75) is 45.2 Å². The van der Waals surface area contributed by atoms with Crippen LogP contribution in [0.5, 0.6) is 0 Å². The molecule has 1 N–H and O–H groups in total. The normalized spacial score (nSPS) is 15.0. The van der Waals surface area contributed by atoms with Crippen LogP contribution in [0.15, 0.2) is 35.3 Å². The van der Waals surface area contributed by atoms with Gasteiger partial charge in [-0.05, 0) is 32.3 Å². The first-order valence-corrected chi connectivity index (χ1v) is 8.39. The number of aromatic nitrogens is 1. The zero-order chi connectivity index (χ0) is 18.1. The van der Waals surface area contributed by atoms with E-state index in [9.17, 15) is 18.4 Å². The second kappa shape index (κ2) is 6.78. The third kappa shape index (κ3) is 3.62. The molecule has 1 atom stereocenters. The minimum absolute atomic E-state index is 0.0402. The van der Waals surface area contributed by atoms with Crippen LogP contribution in [-0.4, -0.2) is 10.5 Å². The van der Waals surface area contributed by atoms with Crippen LogP contribution in [0.4, 0.5) is 8.78 Å². The van der Waals surface area contributed by atoms with Gasteiger partial charge in [0.2, 0.25) is 0 Å². The summed E-state index contributed by atoms with van der Waals surface area (Å²) in [5, 5.41) is 2.69. The van der Waals surface area contributed by atoms with Crippen molar-refractivity contribution in [1.82, 2.24) is 9.88 Å². The monoisotopic (exact) mass is 346 g/mol. The highest BCUT2D eigenvalue weighted by atomic mass is 19.1. The van der Waals surface area contributed by atoms with Crippen LogP contribution < -0.4 is 10.7 Å². The number of nitrogens with one attached hydrogen (secondary N) is 1. The molecule has 6 heteroatoms. The van der Waals surface area contributed by atoms with E-state index in [0.29, 0.717) is 12.5 Å². The van der Waals surface area contributed by atoms with Gasteiger partial charge in [0.15, 0.2) is 5.43 Å². The molecule has 0 spiro atoms. The van der Waals surface area contributed by atoms with E-state index < -0.39 is 23.6 Å². The van der Waals surface area contributed by atoms with Gasteiger partial charge in [-0.1, -0.05) is 13.0 Å². The lowest BCUT2D eigenvalue weighted by Crippen LogP contribution is -2.33. The van der Waals surface area contributed by atoms with E-state index >= 15 is 0 Å². The lowest BCUT2D eigenvalue weighted by atomic mass is 10.0. The Bertz CT molecular complexity index is 872. The molecule has 4 nitrogen and oxygen atoms in total. The summed E-state index contributed by atoms with van der Waals surface area (Å²) < 4.78 is 29.0. The molecule has 1 amide bonds. The van der Waals surface area contributed by atoms with Crippen LogP contribution >= 0.6 is 0 Å². The van der Waals surface area contributed by atoms with Gasteiger partial charge >= 0.3 is 0 Å². The summed E-state index contributed by atoms with van der Waals surface area (Å²) in [5.74, 6) is -1.94. The summed E-state index contributed by atoms with van der Waals surface area (Å²) in [6, 6.07) is 4.41. The molecule has 2 aromatic rings. The van der Waals surface area contributed by atoms with Crippen molar-refractivity contribution < 1.29 is 13.6 Å². The first-order chi connectivity index (χ1) is 11.9. The molecule has 0 radical (unpaired) electrons. The lowest BCUT2D eigenvalue weighted by Gasteiger charge is -2.19. The van der Waals surface area contributed by atoms with Crippen molar-refractivity contribution in [3.05, 3.63) is 69.1 Å². The van der Waals surface area contributed by atoms with Crippen LogP contribution in [0.25, 0.3) is 0 Å². The highest BCUT2D eigenvalue weighted by molar-refractivity contribution is 5.94. The zero-order valence-corrected chi connectivity index (χ0v) is 14.2. The SMILES string of the molecule is CC[C@@H](NC(=O)c1cn(C2CC2)c(C)cc1=O)c1ccc(F)cc1F. The van der Waals surface area contributed by atoms with Gasteiger partial charge in [0, 0.05) is 35.6 Å². The standard InChI is InChI=1S/C19H20F2N2O2/c1-3-17(14-7-4-12(20)9-16(14)21)22-19(25)15-10-23(13-5-6-13)11(2)8-18(15)24/h4,7-10,13,17H,3,5-6H2,1-2H3,(H,22,25)/t17-/m1/s1. The fourth-order valence-electron chi connectivity index (χ4n) is 2.98. The molecule has 1 fully saturated rings. The fraction of sp³-hybridized carbons (Fsp3) is 0.368. The minimum Gasteiger partial charge on any atom is -0.348 e. The van der Waals surface area contributed by atoms with Gasteiger partial charge in [0.1, 0.15) is 17.2 Å². The predicted molar refractivity (Wildman–Crippen MR) is 90.6 cm³/mol. The molecule has 1 heterocycles. The Hall–Kier alpha value is -2.50. The Kier molecular flexibility index (Phi) is 4.70. The van der Waals surface area contributed by atoms with Crippen molar-refractivity contribution in [3.63, 3.8) is 0 Å². The molecule has 132 valence electrons. The summed E-state index contributed by atoms with van der Waals surface area (Å²) >= 11 is 0. The van der Waals surface area contributed by atoms with Crippen LogP contribution in [-0.2, 0) is 0 Å². The molecular formula is C19H20F2N2O2. The van der Waals surface area contributed by atoms with Crippen LogP contribution in [0.1, 0.15) is 59.9 Å². The number of amides is 1. The Balaban J connectivity index is 1.87. The van der Waals surface area contributed by atoms with E-state index in [2.05, 4.69) is 5.32 Å². The van der Waals surface area contributed by atoms with Gasteiger partial charge < -0.3 is 9.88 Å². The first kappa shape index (κ1) is 17.3. The third-order valence-corrected chi connectivity index (χ3v) is 4.52. The smallest absolute Gasteiger partial charge is 0.257 e. The summed E-state index contributed by atoms with van der Waals surface area (Å²) in [7, 11) is 0. The van der Waals surface area contributed by atoms with Crippen molar-refractivity contribution in [2.75, 3.05) is 0 Å². The Morgan fingerprint density at radius 3 is 2.64 bits per heavy atom.